The van der Waals surface area contributed by atoms with E-state index >= 15 is 0 Å². The molecule has 0 spiro atoms. The van der Waals surface area contributed by atoms with Crippen LogP contribution in [0.25, 0.3) is 0 Å². The van der Waals surface area contributed by atoms with Gasteiger partial charge in [-0.1, -0.05) is 11.6 Å². The minimum atomic E-state index is -4.46. The summed E-state index contributed by atoms with van der Waals surface area (Å²) in [4.78, 5) is 20.9. The Hall–Kier alpha value is -2.29. The van der Waals surface area contributed by atoms with Crippen LogP contribution in [0.15, 0.2) is 24.5 Å². The topological polar surface area (TPSA) is 54.3 Å². The highest BCUT2D eigenvalue weighted by molar-refractivity contribution is 6.33. The predicted octanol–water partition coefficient (Wildman–Crippen LogP) is 4.42. The minimum absolute atomic E-state index is 0.0663. The van der Waals surface area contributed by atoms with E-state index in [1.165, 1.54) is 17.1 Å². The van der Waals surface area contributed by atoms with Crippen LogP contribution in [0.5, 0.6) is 0 Å². The molecule has 1 amide bonds. The van der Waals surface area contributed by atoms with Crippen molar-refractivity contribution in [3.8, 4) is 0 Å². The van der Waals surface area contributed by atoms with E-state index in [0.717, 1.165) is 51.3 Å². The smallest absolute Gasteiger partial charge is 0.353 e. The molecule has 2 aliphatic heterocycles. The van der Waals surface area contributed by atoms with E-state index in [9.17, 15) is 18.0 Å². The third kappa shape index (κ3) is 4.40. The molecule has 2 aromatic rings. The van der Waals surface area contributed by atoms with Crippen LogP contribution < -0.4 is 4.90 Å². The van der Waals surface area contributed by atoms with Crippen LogP contribution in [0.1, 0.15) is 54.2 Å². The second-order valence-electron chi connectivity index (χ2n) is 7.80. The first-order chi connectivity index (χ1) is 14.3. The molecule has 10 heteroatoms. The van der Waals surface area contributed by atoms with E-state index in [0.29, 0.717) is 29.5 Å². The number of nitrogens with zero attached hydrogens (tertiary/aromatic N) is 5. The molecule has 4 rings (SSSR count). The maximum atomic E-state index is 12.9. The van der Waals surface area contributed by atoms with E-state index in [-0.39, 0.29) is 11.9 Å². The molecule has 1 atom stereocenters. The molecule has 0 aliphatic carbocycles. The Balaban J connectivity index is 1.48. The highest BCUT2D eigenvalue weighted by Crippen LogP contribution is 2.32. The molecule has 0 N–H and O–H groups in total. The van der Waals surface area contributed by atoms with E-state index in [4.69, 9.17) is 11.6 Å². The SMILES string of the molecule is O=C(c1cnc(N2CCCC(n3ccc(C(F)(F)F)n3)C2)c(Cl)c1)N1CCCCC1. The van der Waals surface area contributed by atoms with Gasteiger partial charge in [0.05, 0.1) is 16.6 Å². The van der Waals surface area contributed by atoms with Gasteiger partial charge >= 0.3 is 6.18 Å². The molecule has 30 heavy (non-hydrogen) atoms. The van der Waals surface area contributed by atoms with E-state index in [1.807, 2.05) is 9.80 Å². The third-order valence-electron chi connectivity index (χ3n) is 5.68. The summed E-state index contributed by atoms with van der Waals surface area (Å²) in [6, 6.07) is 2.42. The van der Waals surface area contributed by atoms with Crippen LogP contribution in [0.3, 0.4) is 0 Å². The quantitative estimate of drug-likeness (QED) is 0.707. The van der Waals surface area contributed by atoms with Gasteiger partial charge < -0.3 is 9.80 Å². The summed E-state index contributed by atoms with van der Waals surface area (Å²) in [5, 5.41) is 4.08. The molecule has 4 heterocycles. The van der Waals surface area contributed by atoms with Crippen molar-refractivity contribution in [1.82, 2.24) is 19.7 Å². The van der Waals surface area contributed by atoms with Crippen LogP contribution >= 0.6 is 11.6 Å². The Morgan fingerprint density at radius 2 is 1.90 bits per heavy atom. The number of pyridine rings is 1. The third-order valence-corrected chi connectivity index (χ3v) is 5.96. The Kier molecular flexibility index (Phi) is 5.90. The fourth-order valence-electron chi connectivity index (χ4n) is 4.12. The van der Waals surface area contributed by atoms with Crippen LogP contribution in [0.2, 0.25) is 5.02 Å². The molecular weight excluding hydrogens is 419 g/mol. The van der Waals surface area contributed by atoms with Gasteiger partial charge in [-0.2, -0.15) is 18.3 Å². The minimum Gasteiger partial charge on any atom is -0.353 e. The van der Waals surface area contributed by atoms with Crippen molar-refractivity contribution in [1.29, 1.82) is 0 Å². The van der Waals surface area contributed by atoms with Gasteiger partial charge in [0.25, 0.3) is 5.91 Å². The van der Waals surface area contributed by atoms with Crippen molar-refractivity contribution >= 4 is 23.3 Å². The molecule has 2 aliphatic rings. The maximum Gasteiger partial charge on any atom is 0.435 e. The zero-order chi connectivity index (χ0) is 21.3. The summed E-state index contributed by atoms with van der Waals surface area (Å²) in [7, 11) is 0. The van der Waals surface area contributed by atoms with Crippen molar-refractivity contribution in [2.75, 3.05) is 31.1 Å². The number of alkyl halides is 3. The highest BCUT2D eigenvalue weighted by Gasteiger charge is 2.35. The maximum absolute atomic E-state index is 12.9. The molecule has 0 radical (unpaired) electrons. The number of anilines is 1. The lowest BCUT2D eigenvalue weighted by molar-refractivity contribution is -0.141. The first-order valence-electron chi connectivity index (χ1n) is 10.1. The number of hydrogen-bond acceptors (Lipinski definition) is 4. The van der Waals surface area contributed by atoms with Crippen LogP contribution in [-0.4, -0.2) is 51.8 Å². The van der Waals surface area contributed by atoms with Crippen LogP contribution in [-0.2, 0) is 6.18 Å². The fraction of sp³-hybridized carbons (Fsp3) is 0.550. The lowest BCUT2D eigenvalue weighted by atomic mass is 10.1. The summed E-state index contributed by atoms with van der Waals surface area (Å²) < 4.78 is 39.9. The van der Waals surface area contributed by atoms with Gasteiger partial charge in [-0.05, 0) is 44.2 Å². The molecule has 0 bridgehead atoms. The van der Waals surface area contributed by atoms with E-state index in [1.54, 1.807) is 6.07 Å². The Labute approximate surface area is 177 Å². The average Bonchev–Trinajstić information content (AvgIpc) is 3.25. The standard InChI is InChI=1S/C20H23ClF3N5O/c21-16-11-14(19(30)27-7-2-1-3-8-27)12-25-18(16)28-9-4-5-15(13-28)29-10-6-17(26-29)20(22,23)24/h6,10-12,15H,1-5,7-9,13H2. The van der Waals surface area contributed by atoms with Gasteiger partial charge in [-0.15, -0.1) is 0 Å². The summed E-state index contributed by atoms with van der Waals surface area (Å²) in [6.07, 6.45) is 3.09. The summed E-state index contributed by atoms with van der Waals surface area (Å²) in [5.41, 5.74) is -0.433. The van der Waals surface area contributed by atoms with Crippen molar-refractivity contribution in [3.05, 3.63) is 40.8 Å². The van der Waals surface area contributed by atoms with Crippen molar-refractivity contribution in [2.24, 2.45) is 0 Å². The molecule has 2 saturated heterocycles. The molecule has 0 aromatic carbocycles. The van der Waals surface area contributed by atoms with Crippen molar-refractivity contribution in [3.63, 3.8) is 0 Å². The number of rotatable bonds is 3. The summed E-state index contributed by atoms with van der Waals surface area (Å²) in [6.45, 7) is 2.63. The number of aromatic nitrogens is 3. The first-order valence-corrected chi connectivity index (χ1v) is 10.5. The normalized spacial score (nSPS) is 20.5. The molecule has 0 saturated carbocycles. The number of carbonyl (C=O) groups excluding carboxylic acids is 1. The van der Waals surface area contributed by atoms with Crippen LogP contribution in [0, 0.1) is 0 Å². The molecule has 2 fully saturated rings. The van der Waals surface area contributed by atoms with Crippen molar-refractivity contribution < 1.29 is 18.0 Å². The highest BCUT2D eigenvalue weighted by atomic mass is 35.5. The predicted molar refractivity (Wildman–Crippen MR) is 107 cm³/mol. The van der Waals surface area contributed by atoms with Gasteiger partial charge in [0.15, 0.2) is 5.69 Å². The first kappa shape index (κ1) is 21.0. The average molecular weight is 442 g/mol. The number of likely N-dealkylation sites (tertiary alicyclic amines) is 1. The second-order valence-corrected chi connectivity index (χ2v) is 8.21. The van der Waals surface area contributed by atoms with Gasteiger partial charge in [0, 0.05) is 38.6 Å². The fourth-order valence-corrected chi connectivity index (χ4v) is 4.40. The zero-order valence-electron chi connectivity index (χ0n) is 16.4. The number of amides is 1. The lowest BCUT2D eigenvalue weighted by Crippen LogP contribution is -2.38. The monoisotopic (exact) mass is 441 g/mol. The van der Waals surface area contributed by atoms with Crippen LogP contribution in [0.4, 0.5) is 19.0 Å². The largest absolute Gasteiger partial charge is 0.435 e. The van der Waals surface area contributed by atoms with E-state index in [2.05, 4.69) is 10.1 Å². The molecular formula is C20H23ClF3N5O. The molecule has 162 valence electrons. The molecule has 2 aromatic heterocycles. The molecule has 1 unspecified atom stereocenters. The van der Waals surface area contributed by atoms with E-state index < -0.39 is 11.9 Å². The summed E-state index contributed by atoms with van der Waals surface area (Å²) >= 11 is 6.46. The molecule has 6 nitrogen and oxygen atoms in total. The zero-order valence-corrected chi connectivity index (χ0v) is 17.2. The Morgan fingerprint density at radius 3 is 2.57 bits per heavy atom. The number of hydrogen-bond donors (Lipinski definition) is 0. The number of piperidine rings is 2. The summed E-state index contributed by atoms with van der Waals surface area (Å²) in [5.74, 6) is 0.475. The van der Waals surface area contributed by atoms with Gasteiger partial charge in [-0.25, -0.2) is 4.98 Å². The van der Waals surface area contributed by atoms with Gasteiger partial charge in [0.2, 0.25) is 0 Å². The van der Waals surface area contributed by atoms with Gasteiger partial charge in [0.1, 0.15) is 5.82 Å². The number of halogens is 4. The van der Waals surface area contributed by atoms with Crippen molar-refractivity contribution in [2.45, 2.75) is 44.3 Å². The Morgan fingerprint density at radius 1 is 1.13 bits per heavy atom. The Bertz CT molecular complexity index is 910. The second kappa shape index (κ2) is 8.45. The lowest BCUT2D eigenvalue weighted by Gasteiger charge is -2.34. The number of carbonyl (C=O) groups is 1. The van der Waals surface area contributed by atoms with Gasteiger partial charge in [-0.3, -0.25) is 9.48 Å².